The molecule has 2 N–H and O–H groups in total. The summed E-state index contributed by atoms with van der Waals surface area (Å²) in [7, 11) is -3.66. The van der Waals surface area contributed by atoms with E-state index in [9.17, 15) is 13.2 Å². The standard InChI is InChI=1S/C3H4O2.C2H6O3S.Na.H/c1-2-3(4)5;1-2-6(3,4)5;;/h2H,1H2,(H,4,5);2H2,1H3,(H,3,4,5);;. The molecule has 0 unspecified atom stereocenters. The molecule has 0 aliphatic heterocycles. The molecule has 0 amide bonds. The predicted molar refractivity (Wildman–Crippen MR) is 47.1 cm³/mol. The minimum absolute atomic E-state index is 0. The molecule has 12 heavy (non-hydrogen) atoms. The molecule has 0 aliphatic rings. The molecule has 0 saturated heterocycles. The Morgan fingerprint density at radius 1 is 1.58 bits per heavy atom. The summed E-state index contributed by atoms with van der Waals surface area (Å²) in [4.78, 5) is 9.25. The number of carboxylic acids is 1. The van der Waals surface area contributed by atoms with Crippen LogP contribution in [0.15, 0.2) is 12.7 Å². The summed E-state index contributed by atoms with van der Waals surface area (Å²) in [5.41, 5.74) is 0. The van der Waals surface area contributed by atoms with Crippen LogP contribution in [0.4, 0.5) is 0 Å². The first-order valence-electron chi connectivity index (χ1n) is 2.64. The summed E-state index contributed by atoms with van der Waals surface area (Å²) in [6.07, 6.45) is 0.833. The van der Waals surface area contributed by atoms with Crippen molar-refractivity contribution in [3.63, 3.8) is 0 Å². The van der Waals surface area contributed by atoms with Crippen molar-refractivity contribution >= 4 is 45.6 Å². The maximum atomic E-state index is 9.56. The van der Waals surface area contributed by atoms with Gasteiger partial charge in [-0.15, -0.1) is 0 Å². The Balaban J connectivity index is -0.000000126. The third-order valence-electron chi connectivity index (χ3n) is 0.539. The van der Waals surface area contributed by atoms with Crippen LogP contribution in [0.5, 0.6) is 0 Å². The van der Waals surface area contributed by atoms with E-state index in [-0.39, 0.29) is 35.3 Å². The Morgan fingerprint density at radius 3 is 1.75 bits per heavy atom. The van der Waals surface area contributed by atoms with Gasteiger partial charge in [0, 0.05) is 6.08 Å². The van der Waals surface area contributed by atoms with Gasteiger partial charge in [0.15, 0.2) is 0 Å². The zero-order chi connectivity index (χ0) is 9.49. The van der Waals surface area contributed by atoms with E-state index in [1.165, 1.54) is 6.92 Å². The van der Waals surface area contributed by atoms with Crippen molar-refractivity contribution in [1.82, 2.24) is 0 Å². The van der Waals surface area contributed by atoms with Gasteiger partial charge in [0.1, 0.15) is 0 Å². The number of hydrogen-bond acceptors (Lipinski definition) is 3. The second-order valence-corrected chi connectivity index (χ2v) is 3.15. The Bertz CT molecular complexity index is 220. The molecule has 0 spiro atoms. The molecule has 0 aliphatic carbocycles. The quantitative estimate of drug-likeness (QED) is 0.361. The van der Waals surface area contributed by atoms with Crippen molar-refractivity contribution in [3.8, 4) is 0 Å². The van der Waals surface area contributed by atoms with Crippen molar-refractivity contribution in [3.05, 3.63) is 12.7 Å². The van der Waals surface area contributed by atoms with Gasteiger partial charge in [-0.2, -0.15) is 8.42 Å². The fourth-order valence-corrected chi connectivity index (χ4v) is 0. The van der Waals surface area contributed by atoms with Gasteiger partial charge in [0.05, 0.1) is 5.75 Å². The third kappa shape index (κ3) is 32.1. The molecular formula is C5H11NaO5S. The van der Waals surface area contributed by atoms with Crippen LogP contribution < -0.4 is 0 Å². The SMILES string of the molecule is C=CC(=O)O.CCS(=O)(=O)O.[NaH]. The maximum absolute atomic E-state index is 9.56. The average Bonchev–Trinajstić information content (AvgIpc) is 1.88. The zero-order valence-corrected chi connectivity index (χ0v) is 6.84. The van der Waals surface area contributed by atoms with Crippen LogP contribution in [-0.4, -0.2) is 59.4 Å². The number of rotatable bonds is 2. The molecule has 7 heteroatoms. The summed E-state index contributed by atoms with van der Waals surface area (Å²) in [5, 5.41) is 7.60. The molecule has 0 heterocycles. The van der Waals surface area contributed by atoms with Crippen molar-refractivity contribution in [1.29, 1.82) is 0 Å². The molecule has 0 radical (unpaired) electrons. The van der Waals surface area contributed by atoms with Crippen molar-refractivity contribution < 1.29 is 22.9 Å². The van der Waals surface area contributed by atoms with Gasteiger partial charge in [-0.25, -0.2) is 4.79 Å². The molecule has 0 aromatic rings. The third-order valence-corrected chi connectivity index (χ3v) is 1.27. The molecule has 0 atom stereocenters. The minimum atomic E-state index is -3.66. The van der Waals surface area contributed by atoms with E-state index in [2.05, 4.69) is 6.58 Å². The first-order chi connectivity index (χ1) is 4.83. The summed E-state index contributed by atoms with van der Waals surface area (Å²) < 4.78 is 26.9. The van der Waals surface area contributed by atoms with Crippen LogP contribution in [0.3, 0.4) is 0 Å². The van der Waals surface area contributed by atoms with Crippen molar-refractivity contribution in [2.75, 3.05) is 5.75 Å². The van der Waals surface area contributed by atoms with Crippen LogP contribution in [0.1, 0.15) is 6.92 Å². The number of carbonyl (C=O) groups is 1. The Hall–Kier alpha value is 0.120. The van der Waals surface area contributed by atoms with Gasteiger partial charge in [-0.3, -0.25) is 4.55 Å². The van der Waals surface area contributed by atoms with Crippen molar-refractivity contribution in [2.24, 2.45) is 0 Å². The normalized spacial score (nSPS) is 8.50. The summed E-state index contributed by atoms with van der Waals surface area (Å²) in [6.45, 7) is 4.33. The molecule has 68 valence electrons. The van der Waals surface area contributed by atoms with E-state index >= 15 is 0 Å². The fourth-order valence-electron chi connectivity index (χ4n) is 0. The van der Waals surface area contributed by atoms with Gasteiger partial charge in [0.2, 0.25) is 0 Å². The Kier molecular flexibility index (Phi) is 13.8. The second-order valence-electron chi connectivity index (χ2n) is 1.41. The van der Waals surface area contributed by atoms with Gasteiger partial charge >= 0.3 is 35.5 Å². The van der Waals surface area contributed by atoms with Crippen LogP contribution in [0.25, 0.3) is 0 Å². The first kappa shape index (κ1) is 18.0. The predicted octanol–water partition coefficient (Wildman–Crippen LogP) is -0.497. The van der Waals surface area contributed by atoms with Crippen LogP contribution in [0, 0.1) is 0 Å². The van der Waals surface area contributed by atoms with Gasteiger partial charge < -0.3 is 5.11 Å². The van der Waals surface area contributed by atoms with Gasteiger partial charge in [-0.05, 0) is 6.92 Å². The van der Waals surface area contributed by atoms with Gasteiger partial charge in [0.25, 0.3) is 10.1 Å². The zero-order valence-electron chi connectivity index (χ0n) is 6.02. The number of hydrogen-bond donors (Lipinski definition) is 2. The molecule has 0 rings (SSSR count). The molecule has 0 saturated carbocycles. The molecule has 0 aromatic heterocycles. The average molecular weight is 206 g/mol. The molecule has 0 aromatic carbocycles. The van der Waals surface area contributed by atoms with E-state index in [0.717, 1.165) is 6.08 Å². The number of aliphatic carboxylic acids is 1. The number of carboxylic acid groups (broad SMARTS) is 1. The topological polar surface area (TPSA) is 91.7 Å². The molecule has 0 bridgehead atoms. The summed E-state index contributed by atoms with van der Waals surface area (Å²) >= 11 is 0. The Labute approximate surface area is 93.5 Å². The summed E-state index contributed by atoms with van der Waals surface area (Å²) in [5.74, 6) is -1.18. The van der Waals surface area contributed by atoms with Crippen LogP contribution in [0.2, 0.25) is 0 Å². The van der Waals surface area contributed by atoms with E-state index < -0.39 is 16.1 Å². The van der Waals surface area contributed by atoms with Crippen LogP contribution >= 0.6 is 0 Å². The first-order valence-corrected chi connectivity index (χ1v) is 4.25. The Morgan fingerprint density at radius 2 is 1.75 bits per heavy atom. The molecular weight excluding hydrogens is 195 g/mol. The van der Waals surface area contributed by atoms with E-state index in [1.54, 1.807) is 0 Å². The van der Waals surface area contributed by atoms with Gasteiger partial charge in [-0.1, -0.05) is 6.58 Å². The van der Waals surface area contributed by atoms with E-state index in [4.69, 9.17) is 9.66 Å². The second kappa shape index (κ2) is 9.21. The monoisotopic (exact) mass is 206 g/mol. The fraction of sp³-hybridized carbons (Fsp3) is 0.400. The van der Waals surface area contributed by atoms with Crippen molar-refractivity contribution in [2.45, 2.75) is 6.92 Å². The van der Waals surface area contributed by atoms with Crippen LogP contribution in [-0.2, 0) is 14.9 Å². The molecule has 5 nitrogen and oxygen atoms in total. The summed E-state index contributed by atoms with van der Waals surface area (Å²) in [6, 6.07) is 0. The van der Waals surface area contributed by atoms with E-state index in [0.29, 0.717) is 0 Å². The van der Waals surface area contributed by atoms with E-state index in [1.807, 2.05) is 0 Å². The molecule has 0 fully saturated rings.